The van der Waals surface area contributed by atoms with Gasteiger partial charge in [0.1, 0.15) is 0 Å². The molecule has 0 aliphatic carbocycles. The largest absolute Gasteiger partial charge is 0.351 e. The Hall–Kier alpha value is -0.580. The van der Waals surface area contributed by atoms with Crippen LogP contribution in [-0.4, -0.2) is 25.5 Å². The zero-order valence-electron chi connectivity index (χ0n) is 10.9. The van der Waals surface area contributed by atoms with Crippen molar-refractivity contribution < 1.29 is 4.79 Å². The van der Waals surface area contributed by atoms with Gasteiger partial charge in [-0.1, -0.05) is 18.5 Å². The summed E-state index contributed by atoms with van der Waals surface area (Å²) in [6, 6.07) is 5.25. The summed E-state index contributed by atoms with van der Waals surface area (Å²) in [7, 11) is 0. The molecule has 1 aromatic carbocycles. The van der Waals surface area contributed by atoms with Crippen LogP contribution < -0.4 is 10.6 Å². The number of carbonyl (C=O) groups is 1. The van der Waals surface area contributed by atoms with E-state index in [0.29, 0.717) is 17.1 Å². The third-order valence-electron chi connectivity index (χ3n) is 3.54. The molecular formula is C14H18BrClN2O. The summed E-state index contributed by atoms with van der Waals surface area (Å²) in [5.74, 6) is -0.0683. The van der Waals surface area contributed by atoms with Gasteiger partial charge in [-0.25, -0.2) is 0 Å². The van der Waals surface area contributed by atoms with E-state index in [-0.39, 0.29) is 11.3 Å². The molecule has 0 spiro atoms. The lowest BCUT2D eigenvalue weighted by Crippen LogP contribution is -2.45. The van der Waals surface area contributed by atoms with E-state index < -0.39 is 0 Å². The fourth-order valence-corrected chi connectivity index (χ4v) is 2.73. The van der Waals surface area contributed by atoms with Crippen LogP contribution in [0.25, 0.3) is 0 Å². The minimum absolute atomic E-state index is 0.0683. The summed E-state index contributed by atoms with van der Waals surface area (Å²) in [6.07, 6.45) is 2.30. The molecule has 19 heavy (non-hydrogen) atoms. The number of halogens is 2. The van der Waals surface area contributed by atoms with Crippen molar-refractivity contribution in [1.82, 2.24) is 10.6 Å². The molecule has 1 aliphatic rings. The molecular weight excluding hydrogens is 328 g/mol. The number of amides is 1. The van der Waals surface area contributed by atoms with E-state index >= 15 is 0 Å². The molecule has 2 rings (SSSR count). The van der Waals surface area contributed by atoms with Gasteiger partial charge in [0.25, 0.3) is 5.91 Å². The van der Waals surface area contributed by atoms with Gasteiger partial charge in [0, 0.05) is 23.1 Å². The molecule has 1 aliphatic heterocycles. The summed E-state index contributed by atoms with van der Waals surface area (Å²) in [5, 5.41) is 6.93. The fraction of sp³-hybridized carbons (Fsp3) is 0.500. The number of benzene rings is 1. The molecule has 104 valence electrons. The third-order valence-corrected chi connectivity index (χ3v) is 4.78. The van der Waals surface area contributed by atoms with Crippen LogP contribution in [0.15, 0.2) is 22.7 Å². The highest BCUT2D eigenvalue weighted by Gasteiger charge is 2.27. The van der Waals surface area contributed by atoms with Crippen LogP contribution in [0.4, 0.5) is 0 Å². The highest BCUT2D eigenvalue weighted by molar-refractivity contribution is 9.10. The number of hydrogen-bond donors (Lipinski definition) is 2. The molecule has 2 N–H and O–H groups in total. The first-order valence-electron chi connectivity index (χ1n) is 6.44. The summed E-state index contributed by atoms with van der Waals surface area (Å²) in [6.45, 7) is 4.92. The standard InChI is InChI=1S/C14H18BrClN2O/c1-14(5-2-6-17-8-14)9-18-13(19)10-3-4-11(15)12(16)7-10/h3-4,7,17H,2,5-6,8-9H2,1H3,(H,18,19). The van der Waals surface area contributed by atoms with Gasteiger partial charge in [0.05, 0.1) is 5.02 Å². The molecule has 1 amide bonds. The Bertz CT molecular complexity index is 473. The Morgan fingerprint density at radius 3 is 3.00 bits per heavy atom. The summed E-state index contributed by atoms with van der Waals surface area (Å²) in [4.78, 5) is 12.1. The van der Waals surface area contributed by atoms with Crippen LogP contribution in [0.3, 0.4) is 0 Å². The first kappa shape index (κ1) is 14.8. The molecule has 5 heteroatoms. The van der Waals surface area contributed by atoms with Crippen LogP contribution in [0.5, 0.6) is 0 Å². The minimum atomic E-state index is -0.0683. The molecule has 0 radical (unpaired) electrons. The topological polar surface area (TPSA) is 41.1 Å². The smallest absolute Gasteiger partial charge is 0.251 e. The summed E-state index contributed by atoms with van der Waals surface area (Å²) < 4.78 is 0.800. The summed E-state index contributed by atoms with van der Waals surface area (Å²) >= 11 is 9.31. The first-order chi connectivity index (χ1) is 9.00. The SMILES string of the molecule is CC1(CNC(=O)c2ccc(Br)c(Cl)c2)CCCNC1. The van der Waals surface area contributed by atoms with Crippen LogP contribution >= 0.6 is 27.5 Å². The second kappa shape index (κ2) is 6.25. The monoisotopic (exact) mass is 344 g/mol. The van der Waals surface area contributed by atoms with Gasteiger partial charge in [-0.15, -0.1) is 0 Å². The van der Waals surface area contributed by atoms with Gasteiger partial charge in [0.2, 0.25) is 0 Å². The van der Waals surface area contributed by atoms with Crippen molar-refractivity contribution in [3.05, 3.63) is 33.3 Å². The van der Waals surface area contributed by atoms with E-state index in [9.17, 15) is 4.79 Å². The Balaban J connectivity index is 1.95. The van der Waals surface area contributed by atoms with Gasteiger partial charge in [-0.2, -0.15) is 0 Å². The maximum atomic E-state index is 12.1. The predicted octanol–water partition coefficient (Wildman–Crippen LogP) is 3.22. The summed E-state index contributed by atoms with van der Waals surface area (Å²) in [5.41, 5.74) is 0.744. The molecule has 0 aromatic heterocycles. The molecule has 1 unspecified atom stereocenters. The van der Waals surface area contributed by atoms with Crippen molar-refractivity contribution >= 4 is 33.4 Å². The molecule has 3 nitrogen and oxygen atoms in total. The quantitative estimate of drug-likeness (QED) is 0.883. The Labute approximate surface area is 127 Å². The van der Waals surface area contributed by atoms with Gasteiger partial charge in [-0.3, -0.25) is 4.79 Å². The average Bonchev–Trinajstić information content (AvgIpc) is 2.40. The van der Waals surface area contributed by atoms with Crippen LogP contribution in [0.2, 0.25) is 5.02 Å². The van der Waals surface area contributed by atoms with E-state index in [1.807, 2.05) is 0 Å². The van der Waals surface area contributed by atoms with E-state index in [4.69, 9.17) is 11.6 Å². The van der Waals surface area contributed by atoms with Gasteiger partial charge in [0.15, 0.2) is 0 Å². The second-order valence-electron chi connectivity index (χ2n) is 5.40. The lowest BCUT2D eigenvalue weighted by Gasteiger charge is -2.34. The van der Waals surface area contributed by atoms with Crippen molar-refractivity contribution in [2.45, 2.75) is 19.8 Å². The van der Waals surface area contributed by atoms with Gasteiger partial charge in [-0.05, 0) is 58.9 Å². The number of carbonyl (C=O) groups excluding carboxylic acids is 1. The van der Waals surface area contributed by atoms with Crippen LogP contribution in [0, 0.1) is 5.41 Å². The lowest BCUT2D eigenvalue weighted by molar-refractivity contribution is 0.0924. The second-order valence-corrected chi connectivity index (χ2v) is 6.66. The Kier molecular flexibility index (Phi) is 4.87. The van der Waals surface area contributed by atoms with Gasteiger partial charge >= 0.3 is 0 Å². The third kappa shape index (κ3) is 3.94. The number of piperidine rings is 1. The Morgan fingerprint density at radius 2 is 2.37 bits per heavy atom. The number of rotatable bonds is 3. The zero-order chi connectivity index (χ0) is 13.9. The molecule has 0 saturated carbocycles. The van der Waals surface area contributed by atoms with Crippen molar-refractivity contribution in [3.63, 3.8) is 0 Å². The van der Waals surface area contributed by atoms with E-state index in [1.165, 1.54) is 0 Å². The molecule has 1 heterocycles. The molecule has 1 atom stereocenters. The highest BCUT2D eigenvalue weighted by atomic mass is 79.9. The van der Waals surface area contributed by atoms with Crippen molar-refractivity contribution in [2.24, 2.45) is 5.41 Å². The molecule has 1 saturated heterocycles. The first-order valence-corrected chi connectivity index (χ1v) is 7.61. The lowest BCUT2D eigenvalue weighted by atomic mass is 9.83. The Morgan fingerprint density at radius 1 is 1.58 bits per heavy atom. The minimum Gasteiger partial charge on any atom is -0.351 e. The molecule has 0 bridgehead atoms. The van der Waals surface area contributed by atoms with E-state index in [1.54, 1.807) is 18.2 Å². The average molecular weight is 346 g/mol. The van der Waals surface area contributed by atoms with Crippen molar-refractivity contribution in [1.29, 1.82) is 0 Å². The number of nitrogens with one attached hydrogen (secondary N) is 2. The number of hydrogen-bond acceptors (Lipinski definition) is 2. The van der Waals surface area contributed by atoms with Gasteiger partial charge < -0.3 is 10.6 Å². The zero-order valence-corrected chi connectivity index (χ0v) is 13.3. The van der Waals surface area contributed by atoms with E-state index in [2.05, 4.69) is 33.5 Å². The molecule has 1 aromatic rings. The normalized spacial score (nSPS) is 23.1. The predicted molar refractivity (Wildman–Crippen MR) is 81.7 cm³/mol. The highest BCUT2D eigenvalue weighted by Crippen LogP contribution is 2.25. The van der Waals surface area contributed by atoms with E-state index in [0.717, 1.165) is 30.4 Å². The van der Waals surface area contributed by atoms with Crippen molar-refractivity contribution in [3.8, 4) is 0 Å². The van der Waals surface area contributed by atoms with Crippen LogP contribution in [0.1, 0.15) is 30.1 Å². The van der Waals surface area contributed by atoms with Crippen LogP contribution in [-0.2, 0) is 0 Å². The maximum Gasteiger partial charge on any atom is 0.251 e. The fourth-order valence-electron chi connectivity index (χ4n) is 2.30. The maximum absolute atomic E-state index is 12.1. The molecule has 1 fully saturated rings. The van der Waals surface area contributed by atoms with Crippen molar-refractivity contribution in [2.75, 3.05) is 19.6 Å².